The topological polar surface area (TPSA) is 70.3 Å². The lowest BCUT2D eigenvalue weighted by molar-refractivity contribution is -0.182. The molecule has 0 bridgehead atoms. The number of aromatic nitrogens is 2. The van der Waals surface area contributed by atoms with Gasteiger partial charge in [-0.15, -0.1) is 0 Å². The summed E-state index contributed by atoms with van der Waals surface area (Å²) < 4.78 is 16.0. The van der Waals surface area contributed by atoms with Gasteiger partial charge in [0.2, 0.25) is 0 Å². The summed E-state index contributed by atoms with van der Waals surface area (Å²) in [5.74, 6) is 0.605. The van der Waals surface area contributed by atoms with Crippen molar-refractivity contribution in [3.8, 4) is 0 Å². The molecular weight excluding hydrogens is 274 g/mol. The second-order valence-corrected chi connectivity index (χ2v) is 5.50. The highest BCUT2D eigenvalue weighted by Crippen LogP contribution is 2.29. The van der Waals surface area contributed by atoms with Gasteiger partial charge in [-0.05, 0) is 24.8 Å². The lowest BCUT2D eigenvalue weighted by atomic mass is 10.1. The van der Waals surface area contributed by atoms with Crippen LogP contribution in [0.3, 0.4) is 0 Å². The molecule has 1 aromatic carbocycles. The average molecular weight is 291 g/mol. The zero-order valence-electron chi connectivity index (χ0n) is 11.1. The highest BCUT2D eigenvalue weighted by atomic mass is 32.1. The van der Waals surface area contributed by atoms with E-state index in [-0.39, 0.29) is 12.4 Å². The van der Waals surface area contributed by atoms with Crippen molar-refractivity contribution in [2.24, 2.45) is 0 Å². The van der Waals surface area contributed by atoms with Crippen molar-refractivity contribution >= 4 is 16.7 Å². The Balaban J connectivity index is 1.83. The van der Waals surface area contributed by atoms with Crippen LogP contribution in [0, 0.1) is 0 Å². The molecule has 5 nitrogen and oxygen atoms in total. The van der Waals surface area contributed by atoms with Crippen molar-refractivity contribution in [3.05, 3.63) is 41.7 Å². The first-order valence-electron chi connectivity index (χ1n) is 6.74. The second kappa shape index (κ2) is 6.30. The smallest absolute Gasteiger partial charge is 0.200 e. The SMILES string of the molecule is Nc1nc(C(OC2CCCCO2)c2ccccc2)ns1. The van der Waals surface area contributed by atoms with Crippen molar-refractivity contribution in [3.63, 3.8) is 0 Å². The Morgan fingerprint density at radius 2 is 2.15 bits per heavy atom. The van der Waals surface area contributed by atoms with Crippen molar-refractivity contribution in [1.29, 1.82) is 0 Å². The van der Waals surface area contributed by atoms with Crippen LogP contribution in [0.2, 0.25) is 0 Å². The second-order valence-electron chi connectivity index (χ2n) is 4.71. The molecule has 0 radical (unpaired) electrons. The van der Waals surface area contributed by atoms with E-state index < -0.39 is 0 Å². The van der Waals surface area contributed by atoms with Gasteiger partial charge in [0.15, 0.2) is 17.2 Å². The molecule has 0 spiro atoms. The third-order valence-electron chi connectivity index (χ3n) is 3.22. The van der Waals surface area contributed by atoms with Gasteiger partial charge < -0.3 is 15.2 Å². The van der Waals surface area contributed by atoms with E-state index in [4.69, 9.17) is 15.2 Å². The van der Waals surface area contributed by atoms with Gasteiger partial charge in [0.1, 0.15) is 6.10 Å². The Morgan fingerprint density at radius 3 is 2.80 bits per heavy atom. The van der Waals surface area contributed by atoms with Crippen LogP contribution >= 0.6 is 11.5 Å². The summed E-state index contributed by atoms with van der Waals surface area (Å²) in [6.07, 6.45) is 2.60. The van der Waals surface area contributed by atoms with E-state index in [1.807, 2.05) is 30.3 Å². The van der Waals surface area contributed by atoms with Crippen molar-refractivity contribution < 1.29 is 9.47 Å². The summed E-state index contributed by atoms with van der Waals surface area (Å²) in [4.78, 5) is 4.26. The van der Waals surface area contributed by atoms with Gasteiger partial charge in [-0.3, -0.25) is 0 Å². The van der Waals surface area contributed by atoms with Gasteiger partial charge in [-0.2, -0.15) is 4.37 Å². The summed E-state index contributed by atoms with van der Waals surface area (Å²) in [5, 5.41) is 0.453. The fourth-order valence-electron chi connectivity index (χ4n) is 2.24. The van der Waals surface area contributed by atoms with Crippen molar-refractivity contribution in [2.45, 2.75) is 31.7 Å². The van der Waals surface area contributed by atoms with E-state index in [2.05, 4.69) is 9.36 Å². The fraction of sp³-hybridized carbons (Fsp3) is 0.429. The third-order valence-corrected chi connectivity index (χ3v) is 3.78. The molecule has 1 fully saturated rings. The number of hydrogen-bond acceptors (Lipinski definition) is 6. The number of hydrogen-bond donors (Lipinski definition) is 1. The van der Waals surface area contributed by atoms with Crippen LogP contribution in [-0.2, 0) is 9.47 Å². The van der Waals surface area contributed by atoms with Crippen LogP contribution in [0.15, 0.2) is 30.3 Å². The largest absolute Gasteiger partial charge is 0.374 e. The van der Waals surface area contributed by atoms with Crippen LogP contribution < -0.4 is 5.73 Å². The van der Waals surface area contributed by atoms with Crippen LogP contribution in [0.5, 0.6) is 0 Å². The zero-order valence-corrected chi connectivity index (χ0v) is 11.9. The summed E-state index contributed by atoms with van der Waals surface area (Å²) in [5.41, 5.74) is 6.70. The van der Waals surface area contributed by atoms with E-state index in [9.17, 15) is 0 Å². The molecule has 1 aliphatic rings. The van der Waals surface area contributed by atoms with E-state index >= 15 is 0 Å². The molecule has 0 amide bonds. The molecule has 6 heteroatoms. The Labute approximate surface area is 121 Å². The van der Waals surface area contributed by atoms with E-state index in [0.29, 0.717) is 11.0 Å². The standard InChI is InChI=1S/C14H17N3O2S/c15-14-16-13(17-20-14)12(10-6-2-1-3-7-10)19-11-8-4-5-9-18-11/h1-3,6-7,11-12H,4-5,8-9H2,(H2,15,16,17). The molecule has 0 saturated carbocycles. The maximum absolute atomic E-state index is 6.08. The number of anilines is 1. The normalized spacial score (nSPS) is 20.7. The highest BCUT2D eigenvalue weighted by molar-refractivity contribution is 7.09. The van der Waals surface area contributed by atoms with Crippen LogP contribution in [0.25, 0.3) is 0 Å². The highest BCUT2D eigenvalue weighted by Gasteiger charge is 2.25. The maximum atomic E-state index is 6.08. The van der Waals surface area contributed by atoms with Crippen LogP contribution in [0.4, 0.5) is 5.13 Å². The lowest BCUT2D eigenvalue weighted by Crippen LogP contribution is -2.25. The first kappa shape index (κ1) is 13.5. The predicted molar refractivity (Wildman–Crippen MR) is 77.3 cm³/mol. The molecule has 106 valence electrons. The molecule has 1 saturated heterocycles. The van der Waals surface area contributed by atoms with Gasteiger partial charge in [0.25, 0.3) is 0 Å². The van der Waals surface area contributed by atoms with E-state index in [0.717, 1.165) is 31.4 Å². The van der Waals surface area contributed by atoms with E-state index in [1.165, 1.54) is 11.5 Å². The van der Waals surface area contributed by atoms with Gasteiger partial charge in [0.05, 0.1) is 0 Å². The van der Waals surface area contributed by atoms with Crippen LogP contribution in [0.1, 0.15) is 36.8 Å². The predicted octanol–water partition coefficient (Wildman–Crippen LogP) is 2.75. The Bertz CT molecular complexity index is 540. The Kier molecular flexibility index (Phi) is 4.25. The van der Waals surface area contributed by atoms with Crippen molar-refractivity contribution in [1.82, 2.24) is 9.36 Å². The molecular formula is C14H17N3O2S. The Hall–Kier alpha value is -1.50. The minimum Gasteiger partial charge on any atom is -0.374 e. The summed E-state index contributed by atoms with van der Waals surface area (Å²) >= 11 is 1.19. The first-order chi connectivity index (χ1) is 9.83. The molecule has 1 aromatic heterocycles. The van der Waals surface area contributed by atoms with E-state index in [1.54, 1.807) is 0 Å². The Morgan fingerprint density at radius 1 is 1.30 bits per heavy atom. The molecule has 0 aliphatic carbocycles. The number of ether oxygens (including phenoxy) is 2. The summed E-state index contributed by atoms with van der Waals surface area (Å²) in [6, 6.07) is 9.93. The molecule has 2 heterocycles. The van der Waals surface area contributed by atoms with Gasteiger partial charge in [-0.25, -0.2) is 4.98 Å². The molecule has 20 heavy (non-hydrogen) atoms. The number of benzene rings is 1. The minimum atomic E-state index is -0.326. The molecule has 1 aliphatic heterocycles. The number of rotatable bonds is 4. The average Bonchev–Trinajstić information content (AvgIpc) is 2.93. The summed E-state index contributed by atoms with van der Waals surface area (Å²) in [6.45, 7) is 0.749. The third kappa shape index (κ3) is 3.15. The zero-order chi connectivity index (χ0) is 13.8. The number of nitrogens with zero attached hydrogens (tertiary/aromatic N) is 2. The quantitative estimate of drug-likeness (QED) is 0.938. The molecule has 2 atom stereocenters. The van der Waals surface area contributed by atoms with Gasteiger partial charge in [0, 0.05) is 18.1 Å². The fourth-order valence-corrected chi connectivity index (χ4v) is 2.70. The minimum absolute atomic E-state index is 0.196. The summed E-state index contributed by atoms with van der Waals surface area (Å²) in [7, 11) is 0. The molecule has 2 aromatic rings. The number of nitrogen functional groups attached to an aromatic ring is 1. The molecule has 2 unspecified atom stereocenters. The molecule has 3 rings (SSSR count). The number of nitrogens with two attached hydrogens (primary N) is 1. The van der Waals surface area contributed by atoms with Crippen LogP contribution in [-0.4, -0.2) is 22.3 Å². The lowest BCUT2D eigenvalue weighted by Gasteiger charge is -2.26. The molecule has 2 N–H and O–H groups in total. The van der Waals surface area contributed by atoms with Crippen molar-refractivity contribution in [2.75, 3.05) is 12.3 Å². The monoisotopic (exact) mass is 291 g/mol. The first-order valence-corrected chi connectivity index (χ1v) is 7.51. The van der Waals surface area contributed by atoms with Gasteiger partial charge in [-0.1, -0.05) is 30.3 Å². The maximum Gasteiger partial charge on any atom is 0.200 e. The van der Waals surface area contributed by atoms with Gasteiger partial charge >= 0.3 is 0 Å².